The lowest BCUT2D eigenvalue weighted by atomic mass is 9.90. The smallest absolute Gasteiger partial charge is 0.337 e. The normalized spacial score (nSPS) is 14.9. The van der Waals surface area contributed by atoms with E-state index in [9.17, 15) is 14.4 Å². The van der Waals surface area contributed by atoms with Crippen LogP contribution in [0.5, 0.6) is 0 Å². The maximum Gasteiger partial charge on any atom is 0.337 e. The zero-order valence-electron chi connectivity index (χ0n) is 21.7. The Labute approximate surface area is 216 Å². The molecule has 3 aromatic rings. The van der Waals surface area contributed by atoms with E-state index in [1.165, 1.54) is 7.11 Å². The van der Waals surface area contributed by atoms with E-state index in [4.69, 9.17) is 9.73 Å². The summed E-state index contributed by atoms with van der Waals surface area (Å²) >= 11 is 0. The highest BCUT2D eigenvalue weighted by molar-refractivity contribution is 6.24. The summed E-state index contributed by atoms with van der Waals surface area (Å²) in [7, 11) is 8.83. The van der Waals surface area contributed by atoms with E-state index in [0.29, 0.717) is 34.9 Å². The van der Waals surface area contributed by atoms with Crippen LogP contribution in [0.3, 0.4) is 0 Å². The van der Waals surface area contributed by atoms with Gasteiger partial charge in [-0.25, -0.2) is 4.79 Å². The Kier molecular flexibility index (Phi) is 7.54. The monoisotopic (exact) mass is 501 g/mol. The van der Waals surface area contributed by atoms with Gasteiger partial charge in [-0.1, -0.05) is 36.4 Å². The molecule has 0 fully saturated rings. The first-order valence-corrected chi connectivity index (χ1v) is 11.9. The number of ether oxygens (including phenoxy) is 1. The summed E-state index contributed by atoms with van der Waals surface area (Å²) in [6.45, 7) is 1.35. The molecule has 1 aliphatic heterocycles. The van der Waals surface area contributed by atoms with E-state index in [-0.39, 0.29) is 11.8 Å². The van der Waals surface area contributed by atoms with Crippen LogP contribution in [-0.2, 0) is 16.6 Å². The van der Waals surface area contributed by atoms with Crippen LogP contribution >= 0.6 is 0 Å². The summed E-state index contributed by atoms with van der Waals surface area (Å²) in [5.41, 5.74) is 4.03. The van der Waals surface area contributed by atoms with Crippen LogP contribution in [0.2, 0.25) is 0 Å². The number of nitrogens with one attached hydrogen (secondary N) is 1. The molecule has 2 heterocycles. The number of hydrogen-bond acceptors (Lipinski definition) is 6. The zero-order chi connectivity index (χ0) is 26.7. The van der Waals surface area contributed by atoms with E-state index in [2.05, 4.69) is 5.32 Å². The molecule has 1 N–H and O–H groups in total. The number of hydrogen-bond donors (Lipinski definition) is 1. The maximum absolute atomic E-state index is 13.2. The second kappa shape index (κ2) is 10.8. The Hall–Kier alpha value is -4.24. The number of esters is 1. The molecule has 9 heteroatoms. The molecule has 9 nitrogen and oxygen atoms in total. The third-order valence-electron chi connectivity index (χ3n) is 6.34. The molecule has 0 saturated heterocycles. The quantitative estimate of drug-likeness (QED) is 0.377. The van der Waals surface area contributed by atoms with E-state index >= 15 is 0 Å². The number of rotatable bonds is 8. The second-order valence-electron chi connectivity index (χ2n) is 9.30. The number of carbonyl (C=O) groups is 3. The molecule has 192 valence electrons. The predicted molar refractivity (Wildman–Crippen MR) is 143 cm³/mol. The fourth-order valence-electron chi connectivity index (χ4n) is 4.29. The van der Waals surface area contributed by atoms with Gasteiger partial charge in [0.25, 0.3) is 5.91 Å². The largest absolute Gasteiger partial charge is 0.465 e. The third kappa shape index (κ3) is 5.46. The van der Waals surface area contributed by atoms with Crippen LogP contribution in [0.1, 0.15) is 37.9 Å². The highest BCUT2D eigenvalue weighted by atomic mass is 16.5. The lowest BCUT2D eigenvalue weighted by Gasteiger charge is -2.19. The first kappa shape index (κ1) is 25.8. The lowest BCUT2D eigenvalue weighted by Crippen LogP contribution is -2.34. The van der Waals surface area contributed by atoms with E-state index in [1.54, 1.807) is 54.0 Å². The van der Waals surface area contributed by atoms with Crippen molar-refractivity contribution in [3.8, 4) is 0 Å². The number of likely N-dealkylation sites (N-methyl/N-ethyl adjacent to an activating group) is 2. The average Bonchev–Trinajstić information content (AvgIpc) is 3.42. The van der Waals surface area contributed by atoms with Gasteiger partial charge in [-0.3, -0.25) is 14.6 Å². The molecule has 0 aliphatic carbocycles. The molecule has 1 aliphatic rings. The Bertz CT molecular complexity index is 1360. The van der Waals surface area contributed by atoms with Gasteiger partial charge in [0.15, 0.2) is 0 Å². The molecule has 1 aromatic heterocycles. The number of nitrogens with zero attached hydrogens (tertiary/aromatic N) is 4. The van der Waals surface area contributed by atoms with Gasteiger partial charge >= 0.3 is 5.97 Å². The molecule has 0 spiro atoms. The number of amides is 2. The molecular weight excluding hydrogens is 470 g/mol. The van der Waals surface area contributed by atoms with Gasteiger partial charge in [-0.15, -0.1) is 0 Å². The van der Waals surface area contributed by atoms with Crippen molar-refractivity contribution < 1.29 is 19.1 Å². The molecule has 37 heavy (non-hydrogen) atoms. The number of anilines is 1. The molecule has 0 bridgehead atoms. The summed E-state index contributed by atoms with van der Waals surface area (Å²) in [6.07, 6.45) is 1.78. The van der Waals surface area contributed by atoms with Crippen LogP contribution < -0.4 is 5.32 Å². The fourth-order valence-corrected chi connectivity index (χ4v) is 4.29. The van der Waals surface area contributed by atoms with Gasteiger partial charge in [-0.2, -0.15) is 0 Å². The first-order chi connectivity index (χ1) is 17.7. The van der Waals surface area contributed by atoms with Crippen LogP contribution in [0, 0.1) is 0 Å². The van der Waals surface area contributed by atoms with Crippen LogP contribution in [0.4, 0.5) is 11.4 Å². The van der Waals surface area contributed by atoms with Crippen LogP contribution in [0.15, 0.2) is 65.8 Å². The fraction of sp³-hybridized carbons (Fsp3) is 0.286. The molecule has 2 aromatic carbocycles. The van der Waals surface area contributed by atoms with Gasteiger partial charge in [-0.05, 0) is 43.4 Å². The number of aromatic nitrogens is 1. The Morgan fingerprint density at radius 1 is 1.03 bits per heavy atom. The van der Waals surface area contributed by atoms with Crippen molar-refractivity contribution in [2.45, 2.75) is 5.92 Å². The van der Waals surface area contributed by atoms with Crippen molar-refractivity contribution in [3.05, 3.63) is 83.2 Å². The van der Waals surface area contributed by atoms with E-state index in [1.807, 2.05) is 49.3 Å². The summed E-state index contributed by atoms with van der Waals surface area (Å²) in [5, 5.41) is 2.88. The molecule has 0 radical (unpaired) electrons. The third-order valence-corrected chi connectivity index (χ3v) is 6.34. The summed E-state index contributed by atoms with van der Waals surface area (Å²) in [4.78, 5) is 46.9. The van der Waals surface area contributed by atoms with Crippen molar-refractivity contribution >= 4 is 34.9 Å². The average molecular weight is 502 g/mol. The number of aliphatic imine (C=N–C) groups is 1. The zero-order valence-corrected chi connectivity index (χ0v) is 21.7. The Morgan fingerprint density at radius 3 is 2.43 bits per heavy atom. The SMILES string of the molecule is COC(=O)c1ccc2c(c1)NC(=O)C2C(=Nc1cc(C(=O)N(C)CCN(C)C)n(C)c1)c1ccccc1. The van der Waals surface area contributed by atoms with Crippen LogP contribution in [-0.4, -0.2) is 79.2 Å². The van der Waals surface area contributed by atoms with Crippen molar-refractivity contribution in [2.75, 3.05) is 46.7 Å². The molecule has 2 amide bonds. The Morgan fingerprint density at radius 2 is 1.76 bits per heavy atom. The molecule has 4 rings (SSSR count). The van der Waals surface area contributed by atoms with Gasteiger partial charge in [0.1, 0.15) is 11.6 Å². The maximum atomic E-state index is 13.2. The number of methoxy groups -OCH3 is 1. The minimum atomic E-state index is -0.689. The first-order valence-electron chi connectivity index (χ1n) is 11.9. The van der Waals surface area contributed by atoms with E-state index in [0.717, 1.165) is 17.7 Å². The van der Waals surface area contributed by atoms with Gasteiger partial charge in [0, 0.05) is 39.1 Å². The van der Waals surface area contributed by atoms with Gasteiger partial charge < -0.3 is 24.4 Å². The summed E-state index contributed by atoms with van der Waals surface area (Å²) < 4.78 is 6.56. The minimum Gasteiger partial charge on any atom is -0.465 e. The number of aryl methyl sites for hydroxylation is 1. The predicted octanol–water partition coefficient (Wildman–Crippen LogP) is 3.30. The Balaban J connectivity index is 1.74. The highest BCUT2D eigenvalue weighted by Gasteiger charge is 2.36. The van der Waals surface area contributed by atoms with Crippen molar-refractivity contribution in [2.24, 2.45) is 12.0 Å². The minimum absolute atomic E-state index is 0.105. The summed E-state index contributed by atoms with van der Waals surface area (Å²) in [6, 6.07) is 16.2. The van der Waals surface area contributed by atoms with Crippen molar-refractivity contribution in [3.63, 3.8) is 0 Å². The number of fused-ring (bicyclic) bond motifs is 1. The molecule has 1 unspecified atom stereocenters. The van der Waals surface area contributed by atoms with E-state index < -0.39 is 11.9 Å². The number of benzene rings is 2. The molecule has 1 atom stereocenters. The van der Waals surface area contributed by atoms with Crippen LogP contribution in [0.25, 0.3) is 0 Å². The number of carbonyl (C=O) groups excluding carboxylic acids is 3. The second-order valence-corrected chi connectivity index (χ2v) is 9.30. The van der Waals surface area contributed by atoms with Crippen molar-refractivity contribution in [1.82, 2.24) is 14.4 Å². The lowest BCUT2D eigenvalue weighted by molar-refractivity contribution is -0.115. The van der Waals surface area contributed by atoms with Gasteiger partial charge in [0.05, 0.1) is 24.1 Å². The van der Waals surface area contributed by atoms with Gasteiger partial charge in [0.2, 0.25) is 5.91 Å². The topological polar surface area (TPSA) is 96.2 Å². The molecule has 0 saturated carbocycles. The highest BCUT2D eigenvalue weighted by Crippen LogP contribution is 2.37. The standard InChI is InChI=1S/C28H31N5O4/c1-31(2)13-14-32(3)27(35)23-16-20(17-33(23)4)29-25(18-9-7-6-8-10-18)24-21-12-11-19(28(36)37-5)15-22(21)30-26(24)34/h6-12,15-17,24H,13-14H2,1-5H3,(H,30,34). The summed E-state index contributed by atoms with van der Waals surface area (Å²) in [5.74, 6) is -1.51. The molecular formula is C28H31N5O4. The van der Waals surface area contributed by atoms with Crippen molar-refractivity contribution in [1.29, 1.82) is 0 Å².